The maximum absolute atomic E-state index is 14.1. The largest absolute Gasteiger partial charge is 0.497 e. The van der Waals surface area contributed by atoms with E-state index in [2.05, 4.69) is 5.32 Å². The molecule has 0 aliphatic heterocycles. The number of nitrogens with zero attached hydrogens (tertiary/aromatic N) is 2. The van der Waals surface area contributed by atoms with E-state index >= 15 is 0 Å². The fourth-order valence-electron chi connectivity index (χ4n) is 4.27. The number of carbonyl (C=O) groups excluding carboxylic acids is 2. The minimum Gasteiger partial charge on any atom is -0.497 e. The average molecular weight is 582 g/mol. The topological polar surface area (TPSA) is 105 Å². The Kier molecular flexibility index (Phi) is 11.2. The molecule has 3 rings (SSSR count). The molecule has 220 valence electrons. The molecule has 0 bridgehead atoms. The molecule has 3 aromatic rings. The predicted molar refractivity (Wildman–Crippen MR) is 159 cm³/mol. The van der Waals surface area contributed by atoms with Crippen molar-refractivity contribution in [2.24, 2.45) is 5.92 Å². The maximum Gasteiger partial charge on any atom is 0.264 e. The fraction of sp³-hybridized carbons (Fsp3) is 0.355. The molecule has 0 aliphatic rings. The van der Waals surface area contributed by atoms with Crippen molar-refractivity contribution >= 4 is 27.5 Å². The molecular formula is C31H39N3O6S. The van der Waals surface area contributed by atoms with Gasteiger partial charge in [0.2, 0.25) is 11.8 Å². The van der Waals surface area contributed by atoms with Crippen LogP contribution in [-0.4, -0.2) is 58.5 Å². The lowest BCUT2D eigenvalue weighted by atomic mass is 10.1. The highest BCUT2D eigenvalue weighted by atomic mass is 32.2. The van der Waals surface area contributed by atoms with Crippen LogP contribution in [0.5, 0.6) is 11.5 Å². The first-order chi connectivity index (χ1) is 19.6. The summed E-state index contributed by atoms with van der Waals surface area (Å²) in [5.74, 6) is 0.635. The van der Waals surface area contributed by atoms with Crippen molar-refractivity contribution in [3.63, 3.8) is 0 Å². The average Bonchev–Trinajstić information content (AvgIpc) is 2.99. The lowest BCUT2D eigenvalue weighted by Crippen LogP contribution is -2.52. The van der Waals surface area contributed by atoms with E-state index in [4.69, 9.17) is 9.47 Å². The van der Waals surface area contributed by atoms with Crippen LogP contribution in [0.15, 0.2) is 83.8 Å². The molecule has 3 aromatic carbocycles. The van der Waals surface area contributed by atoms with Gasteiger partial charge >= 0.3 is 0 Å². The summed E-state index contributed by atoms with van der Waals surface area (Å²) in [6.07, 6.45) is 0.347. The first-order valence-electron chi connectivity index (χ1n) is 13.5. The Labute approximate surface area is 243 Å². The summed E-state index contributed by atoms with van der Waals surface area (Å²) in [7, 11) is -1.05. The third-order valence-electron chi connectivity index (χ3n) is 6.55. The fourth-order valence-corrected chi connectivity index (χ4v) is 5.70. The smallest absolute Gasteiger partial charge is 0.264 e. The normalized spacial score (nSPS) is 12.0. The molecule has 41 heavy (non-hydrogen) atoms. The van der Waals surface area contributed by atoms with E-state index in [0.717, 1.165) is 9.87 Å². The number of anilines is 1. The number of hydrogen-bond acceptors (Lipinski definition) is 6. The highest BCUT2D eigenvalue weighted by Crippen LogP contribution is 2.27. The summed E-state index contributed by atoms with van der Waals surface area (Å²) in [4.78, 5) is 28.9. The molecule has 1 atom stereocenters. The van der Waals surface area contributed by atoms with Gasteiger partial charge in [0.05, 0.1) is 24.8 Å². The van der Waals surface area contributed by atoms with E-state index in [0.29, 0.717) is 30.2 Å². The van der Waals surface area contributed by atoms with Gasteiger partial charge in [-0.05, 0) is 66.4 Å². The van der Waals surface area contributed by atoms with Crippen LogP contribution in [0.25, 0.3) is 0 Å². The second-order valence-electron chi connectivity index (χ2n) is 9.96. The Morgan fingerprint density at radius 2 is 1.41 bits per heavy atom. The van der Waals surface area contributed by atoms with Crippen molar-refractivity contribution in [3.05, 3.63) is 84.4 Å². The highest BCUT2D eigenvalue weighted by molar-refractivity contribution is 7.92. The van der Waals surface area contributed by atoms with Crippen LogP contribution in [0.1, 0.15) is 32.8 Å². The van der Waals surface area contributed by atoms with Crippen LogP contribution in [0.4, 0.5) is 5.69 Å². The van der Waals surface area contributed by atoms with Crippen molar-refractivity contribution in [1.29, 1.82) is 0 Å². The second kappa shape index (κ2) is 14.5. The van der Waals surface area contributed by atoms with Gasteiger partial charge in [-0.2, -0.15) is 0 Å². The molecular weight excluding hydrogens is 542 g/mol. The van der Waals surface area contributed by atoms with Crippen molar-refractivity contribution in [2.45, 2.75) is 44.7 Å². The van der Waals surface area contributed by atoms with Crippen LogP contribution in [-0.2, 0) is 26.2 Å². The zero-order chi connectivity index (χ0) is 30.0. The molecule has 1 N–H and O–H groups in total. The van der Waals surface area contributed by atoms with E-state index in [1.165, 1.54) is 24.1 Å². The number of sulfonamides is 1. The number of amides is 2. The highest BCUT2D eigenvalue weighted by Gasteiger charge is 2.33. The quantitative estimate of drug-likeness (QED) is 0.301. The lowest BCUT2D eigenvalue weighted by molar-refractivity contribution is -0.140. The molecule has 0 saturated heterocycles. The van der Waals surface area contributed by atoms with Crippen LogP contribution >= 0.6 is 0 Å². The first-order valence-corrected chi connectivity index (χ1v) is 15.0. The Morgan fingerprint density at radius 3 is 1.93 bits per heavy atom. The molecule has 0 radical (unpaired) electrons. The number of rotatable bonds is 14. The van der Waals surface area contributed by atoms with Crippen LogP contribution in [0.2, 0.25) is 0 Å². The Hall–Kier alpha value is -4.05. The number of nitrogens with one attached hydrogen (secondary N) is 1. The van der Waals surface area contributed by atoms with Crippen molar-refractivity contribution in [2.75, 3.05) is 31.6 Å². The van der Waals surface area contributed by atoms with Gasteiger partial charge < -0.3 is 19.7 Å². The summed E-state index contributed by atoms with van der Waals surface area (Å²) < 4.78 is 39.3. The van der Waals surface area contributed by atoms with E-state index in [-0.39, 0.29) is 23.3 Å². The minimum atomic E-state index is -4.13. The molecule has 0 heterocycles. The molecule has 2 amide bonds. The zero-order valence-electron chi connectivity index (χ0n) is 24.2. The van der Waals surface area contributed by atoms with Gasteiger partial charge in [-0.15, -0.1) is 0 Å². The molecule has 0 aliphatic carbocycles. The third kappa shape index (κ3) is 8.23. The Bertz CT molecular complexity index is 1380. The maximum atomic E-state index is 14.1. The lowest BCUT2D eigenvalue weighted by Gasteiger charge is -2.33. The van der Waals surface area contributed by atoms with Crippen molar-refractivity contribution < 1.29 is 27.5 Å². The van der Waals surface area contributed by atoms with Crippen LogP contribution in [0.3, 0.4) is 0 Å². The molecule has 10 heteroatoms. The standard InChI is InChI=1S/C31H39N3O6S/c1-6-29(31(36)32-20-23(2)3)33(21-24-12-16-26(39-4)17-13-24)30(35)22-34(25-14-18-27(40-5)19-15-25)41(37,38)28-10-8-7-9-11-28/h7-19,23,29H,6,20-22H2,1-5H3,(H,32,36)/t29-/m0/s1. The molecule has 0 spiro atoms. The van der Waals surface area contributed by atoms with Crippen LogP contribution in [0, 0.1) is 5.92 Å². The van der Waals surface area contributed by atoms with Gasteiger partial charge in [-0.25, -0.2) is 8.42 Å². The number of benzene rings is 3. The summed E-state index contributed by atoms with van der Waals surface area (Å²) >= 11 is 0. The molecule has 0 saturated carbocycles. The van der Waals surface area contributed by atoms with E-state index in [9.17, 15) is 18.0 Å². The first kappa shape index (κ1) is 31.5. The summed E-state index contributed by atoms with van der Waals surface area (Å²) in [5.41, 5.74) is 1.07. The van der Waals surface area contributed by atoms with E-state index < -0.39 is 28.5 Å². The Balaban J connectivity index is 2.03. The van der Waals surface area contributed by atoms with Gasteiger partial charge in [0.1, 0.15) is 24.1 Å². The second-order valence-corrected chi connectivity index (χ2v) is 11.8. The molecule has 0 aromatic heterocycles. The van der Waals surface area contributed by atoms with Crippen molar-refractivity contribution in [1.82, 2.24) is 10.2 Å². The van der Waals surface area contributed by atoms with Gasteiger partial charge in [-0.1, -0.05) is 51.1 Å². The molecule has 0 fully saturated rings. The summed E-state index contributed by atoms with van der Waals surface area (Å²) in [5, 5.41) is 2.93. The van der Waals surface area contributed by atoms with E-state index in [1.807, 2.05) is 32.9 Å². The van der Waals surface area contributed by atoms with Crippen LogP contribution < -0.4 is 19.1 Å². The molecule has 0 unspecified atom stereocenters. The number of carbonyl (C=O) groups is 2. The van der Waals surface area contributed by atoms with Gasteiger partial charge in [0.15, 0.2) is 0 Å². The van der Waals surface area contributed by atoms with Gasteiger partial charge in [0.25, 0.3) is 10.0 Å². The monoisotopic (exact) mass is 581 g/mol. The predicted octanol–water partition coefficient (Wildman–Crippen LogP) is 4.48. The number of hydrogen-bond donors (Lipinski definition) is 1. The summed E-state index contributed by atoms with van der Waals surface area (Å²) in [6, 6.07) is 20.8. The van der Waals surface area contributed by atoms with Crippen molar-refractivity contribution in [3.8, 4) is 11.5 Å². The third-order valence-corrected chi connectivity index (χ3v) is 8.34. The molecule has 9 nitrogen and oxygen atoms in total. The number of methoxy groups -OCH3 is 2. The van der Waals surface area contributed by atoms with E-state index in [1.54, 1.807) is 61.7 Å². The minimum absolute atomic E-state index is 0.0482. The Morgan fingerprint density at radius 1 is 0.854 bits per heavy atom. The van der Waals surface area contributed by atoms with Gasteiger partial charge in [-0.3, -0.25) is 13.9 Å². The SMILES string of the molecule is CC[C@@H](C(=O)NCC(C)C)N(Cc1ccc(OC)cc1)C(=O)CN(c1ccc(OC)cc1)S(=O)(=O)c1ccccc1. The summed E-state index contributed by atoms with van der Waals surface area (Å²) in [6.45, 7) is 5.87. The number of ether oxygens (including phenoxy) is 2. The van der Waals surface area contributed by atoms with Gasteiger partial charge in [0, 0.05) is 13.1 Å². The zero-order valence-corrected chi connectivity index (χ0v) is 25.1.